The molecule has 2 fully saturated rings. The lowest BCUT2D eigenvalue weighted by atomic mass is 10.2. The van der Waals surface area contributed by atoms with Crippen molar-refractivity contribution in [2.75, 3.05) is 18.4 Å². The summed E-state index contributed by atoms with van der Waals surface area (Å²) in [6.07, 6.45) is 1.87. The lowest BCUT2D eigenvalue weighted by Gasteiger charge is -2.16. The van der Waals surface area contributed by atoms with Crippen LogP contribution >= 0.6 is 11.6 Å². The quantitative estimate of drug-likeness (QED) is 0.862. The maximum atomic E-state index is 12.1. The van der Waals surface area contributed by atoms with Crippen molar-refractivity contribution in [3.05, 3.63) is 28.8 Å². The van der Waals surface area contributed by atoms with Gasteiger partial charge in [-0.3, -0.25) is 14.5 Å². The van der Waals surface area contributed by atoms with Gasteiger partial charge in [0.2, 0.25) is 5.91 Å². The number of benzene rings is 1. The molecule has 4 amide bonds. The van der Waals surface area contributed by atoms with Crippen LogP contribution in [0.4, 0.5) is 10.5 Å². The number of anilines is 1. The van der Waals surface area contributed by atoms with Crippen LogP contribution in [0.15, 0.2) is 18.2 Å². The maximum absolute atomic E-state index is 12.1. The summed E-state index contributed by atoms with van der Waals surface area (Å²) in [5.74, 6) is -0.718. The van der Waals surface area contributed by atoms with Crippen molar-refractivity contribution in [1.29, 1.82) is 0 Å². The van der Waals surface area contributed by atoms with Gasteiger partial charge in [-0.25, -0.2) is 4.79 Å². The summed E-state index contributed by atoms with van der Waals surface area (Å²) in [5.41, 5.74) is 1.44. The van der Waals surface area contributed by atoms with Crippen molar-refractivity contribution >= 4 is 35.1 Å². The molecule has 116 valence electrons. The fraction of sp³-hybridized carbons (Fsp3) is 0.400. The minimum atomic E-state index is -0.398. The Balaban J connectivity index is 1.64. The zero-order valence-corrected chi connectivity index (χ0v) is 12.9. The predicted octanol–water partition coefficient (Wildman–Crippen LogP) is 2.01. The van der Waals surface area contributed by atoms with Crippen LogP contribution in [0.25, 0.3) is 0 Å². The highest BCUT2D eigenvalue weighted by molar-refractivity contribution is 6.30. The summed E-state index contributed by atoms with van der Waals surface area (Å²) in [5, 5.41) is 3.29. The number of rotatable bonds is 4. The molecule has 1 aromatic rings. The Kier molecular flexibility index (Phi) is 3.78. The molecule has 1 saturated carbocycles. The van der Waals surface area contributed by atoms with Crippen LogP contribution in [0.5, 0.6) is 0 Å². The molecule has 2 aliphatic rings. The Morgan fingerprint density at radius 3 is 2.73 bits per heavy atom. The lowest BCUT2D eigenvalue weighted by Crippen LogP contribution is -2.39. The number of nitrogens with zero attached hydrogens (tertiary/aromatic N) is 2. The number of nitrogens with one attached hydrogen (secondary N) is 1. The van der Waals surface area contributed by atoms with Gasteiger partial charge in [0.25, 0.3) is 5.91 Å². The first-order chi connectivity index (χ1) is 10.5. The van der Waals surface area contributed by atoms with E-state index in [1.165, 1.54) is 0 Å². The number of aryl methyl sites for hydroxylation is 1. The van der Waals surface area contributed by atoms with E-state index in [1.54, 1.807) is 23.1 Å². The van der Waals surface area contributed by atoms with Gasteiger partial charge in [0.1, 0.15) is 13.1 Å². The molecule has 1 aliphatic heterocycles. The van der Waals surface area contributed by atoms with Crippen molar-refractivity contribution in [2.24, 2.45) is 0 Å². The van der Waals surface area contributed by atoms with Crippen molar-refractivity contribution in [3.63, 3.8) is 0 Å². The molecule has 1 aliphatic carbocycles. The van der Waals surface area contributed by atoms with Crippen LogP contribution in [0.2, 0.25) is 5.02 Å². The first-order valence-electron chi connectivity index (χ1n) is 7.12. The Hall–Kier alpha value is -2.08. The second-order valence-electron chi connectivity index (χ2n) is 5.63. The van der Waals surface area contributed by atoms with Gasteiger partial charge in [-0.05, 0) is 43.5 Å². The van der Waals surface area contributed by atoms with Gasteiger partial charge in [-0.2, -0.15) is 0 Å². The number of carbonyl (C=O) groups excluding carboxylic acids is 3. The molecule has 0 bridgehead atoms. The normalized spacial score (nSPS) is 18.1. The van der Waals surface area contributed by atoms with Crippen molar-refractivity contribution < 1.29 is 14.4 Å². The number of amides is 4. The standard InChI is InChI=1S/C15H16ClN3O3/c1-9-6-10(16)2-5-12(9)17-13(20)7-19-14(21)8-18(15(19)22)11-3-4-11/h2,5-6,11H,3-4,7-8H2,1H3,(H,17,20). The summed E-state index contributed by atoms with van der Waals surface area (Å²) in [6.45, 7) is 1.64. The van der Waals surface area contributed by atoms with Gasteiger partial charge in [0.05, 0.1) is 0 Å². The van der Waals surface area contributed by atoms with E-state index in [2.05, 4.69) is 5.32 Å². The molecule has 6 nitrogen and oxygen atoms in total. The van der Waals surface area contributed by atoms with Crippen LogP contribution < -0.4 is 5.32 Å². The third-order valence-electron chi connectivity index (χ3n) is 3.84. The van der Waals surface area contributed by atoms with E-state index < -0.39 is 5.91 Å². The molecule has 3 rings (SSSR count). The molecular formula is C15H16ClN3O3. The van der Waals surface area contributed by atoms with Gasteiger partial charge in [-0.15, -0.1) is 0 Å². The number of carbonyl (C=O) groups is 3. The van der Waals surface area contributed by atoms with E-state index in [0.717, 1.165) is 23.3 Å². The summed E-state index contributed by atoms with van der Waals surface area (Å²) in [7, 11) is 0. The molecule has 0 aromatic heterocycles. The Morgan fingerprint density at radius 2 is 2.09 bits per heavy atom. The van der Waals surface area contributed by atoms with E-state index in [1.807, 2.05) is 6.92 Å². The Morgan fingerprint density at radius 1 is 1.36 bits per heavy atom. The second kappa shape index (κ2) is 5.61. The minimum absolute atomic E-state index is 0.0801. The second-order valence-corrected chi connectivity index (χ2v) is 6.07. The van der Waals surface area contributed by atoms with Gasteiger partial charge in [-0.1, -0.05) is 11.6 Å². The highest BCUT2D eigenvalue weighted by atomic mass is 35.5. The van der Waals surface area contributed by atoms with E-state index in [0.29, 0.717) is 10.7 Å². The average Bonchev–Trinajstić information content (AvgIpc) is 3.25. The van der Waals surface area contributed by atoms with E-state index in [9.17, 15) is 14.4 Å². The first-order valence-corrected chi connectivity index (χ1v) is 7.50. The molecule has 0 unspecified atom stereocenters. The molecule has 1 saturated heterocycles. The molecule has 1 N–H and O–H groups in total. The van der Waals surface area contributed by atoms with Crippen LogP contribution in [-0.4, -0.2) is 46.8 Å². The highest BCUT2D eigenvalue weighted by Gasteiger charge is 2.44. The average molecular weight is 322 g/mol. The zero-order valence-electron chi connectivity index (χ0n) is 12.1. The van der Waals surface area contributed by atoms with Crippen molar-refractivity contribution in [2.45, 2.75) is 25.8 Å². The van der Waals surface area contributed by atoms with Crippen molar-refractivity contribution in [3.8, 4) is 0 Å². The summed E-state index contributed by atoms with van der Waals surface area (Å²) < 4.78 is 0. The van der Waals surface area contributed by atoms with E-state index in [-0.39, 0.29) is 31.1 Å². The third kappa shape index (κ3) is 2.92. The Labute approximate surface area is 133 Å². The molecule has 22 heavy (non-hydrogen) atoms. The fourth-order valence-corrected chi connectivity index (χ4v) is 2.72. The molecule has 0 radical (unpaired) electrons. The SMILES string of the molecule is Cc1cc(Cl)ccc1NC(=O)CN1C(=O)CN(C2CC2)C1=O. The molecule has 7 heteroatoms. The van der Waals surface area contributed by atoms with Crippen LogP contribution in [0, 0.1) is 6.92 Å². The number of halogens is 1. The summed E-state index contributed by atoms with van der Waals surface area (Å²) in [6, 6.07) is 4.90. The molecule has 0 spiro atoms. The molecule has 0 atom stereocenters. The van der Waals surface area contributed by atoms with Crippen LogP contribution in [-0.2, 0) is 9.59 Å². The largest absolute Gasteiger partial charge is 0.327 e. The van der Waals surface area contributed by atoms with E-state index in [4.69, 9.17) is 11.6 Å². The molecule has 1 heterocycles. The number of hydrogen-bond donors (Lipinski definition) is 1. The summed E-state index contributed by atoms with van der Waals surface area (Å²) >= 11 is 5.87. The number of urea groups is 1. The van der Waals surface area contributed by atoms with Crippen LogP contribution in [0.1, 0.15) is 18.4 Å². The Bertz CT molecular complexity index is 657. The smallest absolute Gasteiger partial charge is 0.324 e. The monoisotopic (exact) mass is 321 g/mol. The summed E-state index contributed by atoms with van der Waals surface area (Å²) in [4.78, 5) is 38.7. The third-order valence-corrected chi connectivity index (χ3v) is 4.07. The maximum Gasteiger partial charge on any atom is 0.327 e. The molecule has 1 aromatic carbocycles. The van der Waals surface area contributed by atoms with Gasteiger partial charge >= 0.3 is 6.03 Å². The zero-order chi connectivity index (χ0) is 15.9. The predicted molar refractivity (Wildman–Crippen MR) is 81.7 cm³/mol. The number of hydrogen-bond acceptors (Lipinski definition) is 3. The van der Waals surface area contributed by atoms with Gasteiger partial charge in [0, 0.05) is 16.8 Å². The van der Waals surface area contributed by atoms with Gasteiger partial charge in [0.15, 0.2) is 0 Å². The lowest BCUT2D eigenvalue weighted by molar-refractivity contribution is -0.129. The van der Waals surface area contributed by atoms with E-state index >= 15 is 0 Å². The molecular weight excluding hydrogens is 306 g/mol. The minimum Gasteiger partial charge on any atom is -0.324 e. The van der Waals surface area contributed by atoms with Gasteiger partial charge < -0.3 is 10.2 Å². The first kappa shape index (κ1) is 14.8. The van der Waals surface area contributed by atoms with Crippen LogP contribution in [0.3, 0.4) is 0 Å². The fourth-order valence-electron chi connectivity index (χ4n) is 2.49. The van der Waals surface area contributed by atoms with Crippen molar-refractivity contribution in [1.82, 2.24) is 9.80 Å². The number of imide groups is 1. The highest BCUT2D eigenvalue weighted by Crippen LogP contribution is 2.30. The topological polar surface area (TPSA) is 69.7 Å².